The van der Waals surface area contributed by atoms with Crippen molar-refractivity contribution in [2.75, 3.05) is 27.9 Å². The van der Waals surface area contributed by atoms with Gasteiger partial charge in [-0.05, 0) is 49.4 Å². The Morgan fingerprint density at radius 3 is 1.95 bits per heavy atom. The monoisotopic (exact) mass is 267 g/mol. The predicted octanol–water partition coefficient (Wildman–Crippen LogP) is 2.56. The predicted molar refractivity (Wildman–Crippen MR) is 77.5 cm³/mol. The van der Waals surface area contributed by atoms with E-state index in [-0.39, 0.29) is 0 Å². The third kappa shape index (κ3) is 3.53. The molecule has 1 rings (SSSR count). The standard InChI is InChI=1S/C15H25NO3/c1-5-11-10-12(8-6-7-9-16)14(18-3)15(19-4)13(11)17-2/h10H,5-9,16H2,1-4H3. The van der Waals surface area contributed by atoms with Gasteiger partial charge >= 0.3 is 0 Å². The van der Waals surface area contributed by atoms with Crippen molar-refractivity contribution in [3.05, 3.63) is 17.2 Å². The summed E-state index contributed by atoms with van der Waals surface area (Å²) < 4.78 is 16.4. The van der Waals surface area contributed by atoms with Gasteiger partial charge in [-0.2, -0.15) is 0 Å². The molecule has 0 radical (unpaired) electrons. The molecule has 0 amide bonds. The van der Waals surface area contributed by atoms with Crippen LogP contribution in [0.3, 0.4) is 0 Å². The molecule has 108 valence electrons. The third-order valence-corrected chi connectivity index (χ3v) is 3.24. The average Bonchev–Trinajstić information content (AvgIpc) is 2.45. The molecule has 0 heterocycles. The first-order chi connectivity index (χ1) is 9.23. The highest BCUT2D eigenvalue weighted by atomic mass is 16.5. The Hall–Kier alpha value is -1.42. The van der Waals surface area contributed by atoms with E-state index in [0.717, 1.165) is 54.9 Å². The van der Waals surface area contributed by atoms with E-state index in [4.69, 9.17) is 19.9 Å². The summed E-state index contributed by atoms with van der Waals surface area (Å²) in [6, 6.07) is 2.15. The Bertz CT molecular complexity index is 405. The number of methoxy groups -OCH3 is 3. The van der Waals surface area contributed by atoms with Crippen molar-refractivity contribution in [1.29, 1.82) is 0 Å². The smallest absolute Gasteiger partial charge is 0.203 e. The summed E-state index contributed by atoms with van der Waals surface area (Å²) in [6.07, 6.45) is 3.89. The fraction of sp³-hybridized carbons (Fsp3) is 0.600. The zero-order valence-electron chi connectivity index (χ0n) is 12.4. The molecule has 19 heavy (non-hydrogen) atoms. The topological polar surface area (TPSA) is 53.7 Å². The van der Waals surface area contributed by atoms with Crippen LogP contribution in [0, 0.1) is 0 Å². The number of nitrogens with two attached hydrogens (primary N) is 1. The van der Waals surface area contributed by atoms with Crippen LogP contribution in [0.25, 0.3) is 0 Å². The molecule has 0 aromatic heterocycles. The van der Waals surface area contributed by atoms with Gasteiger partial charge in [-0.1, -0.05) is 6.92 Å². The number of hydrogen-bond donors (Lipinski definition) is 1. The van der Waals surface area contributed by atoms with Gasteiger partial charge in [-0.3, -0.25) is 0 Å². The van der Waals surface area contributed by atoms with Crippen LogP contribution in [0.1, 0.15) is 30.9 Å². The minimum atomic E-state index is 0.687. The second-order valence-corrected chi connectivity index (χ2v) is 4.39. The van der Waals surface area contributed by atoms with Gasteiger partial charge in [0.2, 0.25) is 5.75 Å². The van der Waals surface area contributed by atoms with Crippen LogP contribution in [0.5, 0.6) is 17.2 Å². The van der Waals surface area contributed by atoms with Crippen molar-refractivity contribution in [1.82, 2.24) is 0 Å². The van der Waals surface area contributed by atoms with Gasteiger partial charge in [0, 0.05) is 0 Å². The molecule has 4 nitrogen and oxygen atoms in total. The van der Waals surface area contributed by atoms with Gasteiger partial charge < -0.3 is 19.9 Å². The first-order valence-electron chi connectivity index (χ1n) is 6.74. The molecule has 1 aromatic rings. The first kappa shape index (κ1) is 15.6. The lowest BCUT2D eigenvalue weighted by atomic mass is 10.0. The highest BCUT2D eigenvalue weighted by molar-refractivity contribution is 5.60. The second kappa shape index (κ2) is 7.89. The molecule has 0 saturated carbocycles. The number of aryl methyl sites for hydroxylation is 2. The van der Waals surface area contributed by atoms with Gasteiger partial charge in [0.15, 0.2) is 11.5 Å². The van der Waals surface area contributed by atoms with Crippen molar-refractivity contribution >= 4 is 0 Å². The number of rotatable bonds is 8. The van der Waals surface area contributed by atoms with E-state index < -0.39 is 0 Å². The largest absolute Gasteiger partial charge is 0.492 e. The minimum absolute atomic E-state index is 0.687. The van der Waals surface area contributed by atoms with Crippen molar-refractivity contribution in [3.8, 4) is 17.2 Å². The third-order valence-electron chi connectivity index (χ3n) is 3.24. The molecule has 0 aliphatic carbocycles. The Labute approximate surface area is 115 Å². The Morgan fingerprint density at radius 2 is 1.47 bits per heavy atom. The van der Waals surface area contributed by atoms with Gasteiger partial charge in [0.25, 0.3) is 0 Å². The maximum absolute atomic E-state index is 5.55. The molecule has 0 fully saturated rings. The van der Waals surface area contributed by atoms with Crippen LogP contribution in [0.4, 0.5) is 0 Å². The van der Waals surface area contributed by atoms with Gasteiger partial charge in [-0.25, -0.2) is 0 Å². The summed E-state index contributed by atoms with van der Waals surface area (Å²) in [7, 11) is 4.96. The maximum Gasteiger partial charge on any atom is 0.203 e. The van der Waals surface area contributed by atoms with Crippen LogP contribution < -0.4 is 19.9 Å². The molecule has 0 aliphatic heterocycles. The quantitative estimate of drug-likeness (QED) is 0.735. The lowest BCUT2D eigenvalue weighted by Gasteiger charge is -2.19. The number of ether oxygens (including phenoxy) is 3. The summed E-state index contributed by atoms with van der Waals surface area (Å²) >= 11 is 0. The van der Waals surface area contributed by atoms with Gasteiger partial charge in [0.1, 0.15) is 0 Å². The van der Waals surface area contributed by atoms with Gasteiger partial charge in [0.05, 0.1) is 21.3 Å². The second-order valence-electron chi connectivity index (χ2n) is 4.39. The van der Waals surface area contributed by atoms with E-state index in [1.54, 1.807) is 21.3 Å². The Balaban J connectivity index is 3.21. The summed E-state index contributed by atoms with van der Waals surface area (Å²) in [5, 5.41) is 0. The van der Waals surface area contributed by atoms with E-state index >= 15 is 0 Å². The van der Waals surface area contributed by atoms with Crippen molar-refractivity contribution in [3.63, 3.8) is 0 Å². The summed E-state index contributed by atoms with van der Waals surface area (Å²) in [6.45, 7) is 2.82. The molecule has 4 heteroatoms. The van der Waals surface area contributed by atoms with Crippen LogP contribution in [-0.4, -0.2) is 27.9 Å². The van der Waals surface area contributed by atoms with E-state index in [2.05, 4.69) is 13.0 Å². The van der Waals surface area contributed by atoms with Gasteiger partial charge in [-0.15, -0.1) is 0 Å². The highest BCUT2D eigenvalue weighted by Gasteiger charge is 2.19. The summed E-state index contributed by atoms with van der Waals surface area (Å²) in [4.78, 5) is 0. The molecule has 2 N–H and O–H groups in total. The summed E-state index contributed by atoms with van der Waals surface area (Å²) in [5.41, 5.74) is 7.84. The van der Waals surface area contributed by atoms with Crippen LogP contribution in [0.15, 0.2) is 6.07 Å². The van der Waals surface area contributed by atoms with Crippen molar-refractivity contribution in [2.45, 2.75) is 32.6 Å². The van der Waals surface area contributed by atoms with E-state index in [0.29, 0.717) is 5.75 Å². The number of hydrogen-bond acceptors (Lipinski definition) is 4. The molecular formula is C15H25NO3. The lowest BCUT2D eigenvalue weighted by molar-refractivity contribution is 0.320. The molecule has 0 atom stereocenters. The minimum Gasteiger partial charge on any atom is -0.492 e. The van der Waals surface area contributed by atoms with Crippen LogP contribution in [0.2, 0.25) is 0 Å². The fourth-order valence-corrected chi connectivity index (χ4v) is 2.28. The van der Waals surface area contributed by atoms with E-state index in [9.17, 15) is 0 Å². The molecular weight excluding hydrogens is 242 g/mol. The normalized spacial score (nSPS) is 10.4. The maximum atomic E-state index is 5.55. The SMILES string of the molecule is CCc1cc(CCCCN)c(OC)c(OC)c1OC. The first-order valence-corrected chi connectivity index (χ1v) is 6.74. The van der Waals surface area contributed by atoms with Crippen LogP contribution >= 0.6 is 0 Å². The van der Waals surface area contributed by atoms with Crippen LogP contribution in [-0.2, 0) is 12.8 Å². The Kier molecular flexibility index (Phi) is 6.50. The Morgan fingerprint density at radius 1 is 0.895 bits per heavy atom. The van der Waals surface area contributed by atoms with E-state index in [1.165, 1.54) is 0 Å². The number of unbranched alkanes of at least 4 members (excludes halogenated alkanes) is 1. The average molecular weight is 267 g/mol. The highest BCUT2D eigenvalue weighted by Crippen LogP contribution is 2.43. The zero-order valence-corrected chi connectivity index (χ0v) is 12.4. The molecule has 0 saturated heterocycles. The molecule has 0 unspecified atom stereocenters. The molecule has 0 spiro atoms. The lowest BCUT2D eigenvalue weighted by Crippen LogP contribution is -2.04. The van der Waals surface area contributed by atoms with Crippen molar-refractivity contribution in [2.24, 2.45) is 5.73 Å². The zero-order chi connectivity index (χ0) is 14.3. The molecule has 0 aliphatic rings. The summed E-state index contributed by atoms with van der Waals surface area (Å²) in [5.74, 6) is 2.23. The fourth-order valence-electron chi connectivity index (χ4n) is 2.28. The van der Waals surface area contributed by atoms with Crippen molar-refractivity contribution < 1.29 is 14.2 Å². The molecule has 1 aromatic carbocycles. The van der Waals surface area contributed by atoms with E-state index in [1.807, 2.05) is 0 Å². The number of benzene rings is 1. The molecule has 0 bridgehead atoms.